The van der Waals surface area contributed by atoms with Crippen LogP contribution in [-0.4, -0.2) is 65.2 Å². The van der Waals surface area contributed by atoms with Crippen LogP contribution >= 0.6 is 0 Å². The van der Waals surface area contributed by atoms with E-state index in [1.165, 1.54) is 0 Å². The van der Waals surface area contributed by atoms with Crippen molar-refractivity contribution in [1.29, 1.82) is 0 Å². The zero-order valence-electron chi connectivity index (χ0n) is 17.1. The molecule has 2 saturated heterocycles. The molecule has 0 amide bonds. The molecule has 0 unspecified atom stereocenters. The average molecular weight is 393 g/mol. The Kier molecular flexibility index (Phi) is 6.38. The Morgan fingerprint density at radius 2 is 1.89 bits per heavy atom. The van der Waals surface area contributed by atoms with E-state index in [4.69, 9.17) is 9.16 Å². The van der Waals surface area contributed by atoms with Gasteiger partial charge >= 0.3 is 0 Å². The van der Waals surface area contributed by atoms with Crippen molar-refractivity contribution in [3.05, 3.63) is 29.6 Å². The van der Waals surface area contributed by atoms with E-state index in [0.717, 1.165) is 39.0 Å². The average Bonchev–Trinajstić information content (AvgIpc) is 2.59. The summed E-state index contributed by atoms with van der Waals surface area (Å²) in [5, 5.41) is 0.0410. The van der Waals surface area contributed by atoms with Crippen LogP contribution in [0.2, 0.25) is 5.04 Å². The minimum absolute atomic E-state index is 0.0410. The van der Waals surface area contributed by atoms with Crippen LogP contribution in [0.25, 0.3) is 0 Å². The van der Waals surface area contributed by atoms with Crippen molar-refractivity contribution in [2.45, 2.75) is 57.4 Å². The first-order valence-electron chi connectivity index (χ1n) is 9.91. The van der Waals surface area contributed by atoms with Crippen LogP contribution in [-0.2, 0) is 15.8 Å². The van der Waals surface area contributed by atoms with Crippen LogP contribution in [0, 0.1) is 5.82 Å². The molecular formula is C21H33FN2O2Si. The molecule has 0 aromatic heterocycles. The Morgan fingerprint density at radius 1 is 1.22 bits per heavy atom. The Morgan fingerprint density at radius 3 is 2.48 bits per heavy atom. The molecule has 1 aromatic carbocycles. The van der Waals surface area contributed by atoms with Crippen molar-refractivity contribution in [2.75, 3.05) is 38.2 Å². The molecule has 0 bridgehead atoms. The normalized spacial score (nSPS) is 19.8. The Balaban J connectivity index is 1.57. The molecular weight excluding hydrogens is 359 g/mol. The summed E-state index contributed by atoms with van der Waals surface area (Å²) < 4.78 is 26.4. The molecule has 0 atom stereocenters. The Labute approximate surface area is 164 Å². The number of ether oxygens (including phenoxy) is 1. The van der Waals surface area contributed by atoms with Gasteiger partial charge in [-0.15, -0.1) is 0 Å². The highest BCUT2D eigenvalue weighted by molar-refractivity contribution is 6.58. The van der Waals surface area contributed by atoms with Crippen molar-refractivity contribution < 1.29 is 13.6 Å². The summed E-state index contributed by atoms with van der Waals surface area (Å²) in [4.78, 5) is 4.68. The molecule has 27 heavy (non-hydrogen) atoms. The van der Waals surface area contributed by atoms with Gasteiger partial charge in [-0.3, -0.25) is 4.90 Å². The zero-order chi connectivity index (χ0) is 19.6. The number of methoxy groups -OCH3 is 1. The van der Waals surface area contributed by atoms with Gasteiger partial charge in [0.2, 0.25) is 8.65 Å². The predicted molar refractivity (Wildman–Crippen MR) is 111 cm³/mol. The molecule has 4 nitrogen and oxygen atoms in total. The first kappa shape index (κ1) is 20.5. The third kappa shape index (κ3) is 4.79. The minimum Gasteiger partial charge on any atom is -0.547 e. The summed E-state index contributed by atoms with van der Waals surface area (Å²) in [6.45, 7) is 10.5. The van der Waals surface area contributed by atoms with Gasteiger partial charge in [-0.2, -0.15) is 0 Å². The number of anilines is 1. The smallest absolute Gasteiger partial charge is 0.230 e. The van der Waals surface area contributed by atoms with Crippen LogP contribution in [0.1, 0.15) is 39.2 Å². The minimum atomic E-state index is -1.22. The molecule has 150 valence electrons. The van der Waals surface area contributed by atoms with E-state index >= 15 is 4.39 Å². The maximum Gasteiger partial charge on any atom is 0.230 e. The molecule has 0 spiro atoms. The second-order valence-electron chi connectivity index (χ2n) is 8.74. The maximum atomic E-state index is 15.1. The lowest BCUT2D eigenvalue weighted by Gasteiger charge is -2.46. The SMILES string of the molecule is C=[Si](OCc1cccc(N2CCC(N3CC(OC)C3)CC2)c1F)C(C)(C)C. The molecule has 2 aliphatic heterocycles. The standard InChI is InChI=1S/C21H33FN2O2Si/c1-21(2,3)27(5)26-15-16-7-6-8-19(20(16)22)23-11-9-17(10-12-23)24-13-18(14-24)25-4/h6-8,17-18H,5,9-15H2,1-4H3. The van der Waals surface area contributed by atoms with Gasteiger partial charge in [-0.1, -0.05) is 39.1 Å². The summed E-state index contributed by atoms with van der Waals surface area (Å²) in [6, 6.07) is 6.26. The number of likely N-dealkylation sites (tertiary alicyclic amines) is 1. The zero-order valence-corrected chi connectivity index (χ0v) is 18.1. The van der Waals surface area contributed by atoms with Crippen molar-refractivity contribution in [1.82, 2.24) is 4.90 Å². The van der Waals surface area contributed by atoms with Gasteiger partial charge < -0.3 is 14.1 Å². The van der Waals surface area contributed by atoms with Gasteiger partial charge in [0.05, 0.1) is 18.4 Å². The van der Waals surface area contributed by atoms with Gasteiger partial charge in [0.1, 0.15) is 0 Å². The number of benzene rings is 1. The fourth-order valence-corrected chi connectivity index (χ4v) is 4.45. The second-order valence-corrected chi connectivity index (χ2v) is 11.4. The summed E-state index contributed by atoms with van der Waals surface area (Å²) in [5.74, 6) is -0.136. The maximum absolute atomic E-state index is 15.1. The Bertz CT molecular complexity index is 663. The van der Waals surface area contributed by atoms with Crippen LogP contribution < -0.4 is 4.90 Å². The number of hydrogen-bond donors (Lipinski definition) is 0. The van der Waals surface area contributed by atoms with Crippen molar-refractivity contribution in [3.8, 4) is 0 Å². The first-order valence-corrected chi connectivity index (χ1v) is 11.5. The molecule has 2 fully saturated rings. The monoisotopic (exact) mass is 392 g/mol. The number of rotatable bonds is 6. The van der Waals surface area contributed by atoms with E-state index in [9.17, 15) is 0 Å². The lowest BCUT2D eigenvalue weighted by Crippen LogP contribution is -2.58. The van der Waals surface area contributed by atoms with Crippen LogP contribution in [0.5, 0.6) is 0 Å². The van der Waals surface area contributed by atoms with Crippen LogP contribution in [0.3, 0.4) is 0 Å². The fraction of sp³-hybridized carbons (Fsp3) is 0.667. The van der Waals surface area contributed by atoms with E-state index in [1.807, 2.05) is 18.2 Å². The third-order valence-corrected chi connectivity index (χ3v) is 7.99. The number of nitrogens with zero attached hydrogens (tertiary/aromatic N) is 2. The molecule has 0 radical (unpaired) electrons. The van der Waals surface area contributed by atoms with E-state index < -0.39 is 8.65 Å². The van der Waals surface area contributed by atoms with Crippen molar-refractivity contribution >= 4 is 20.5 Å². The highest BCUT2D eigenvalue weighted by Gasteiger charge is 2.34. The van der Waals surface area contributed by atoms with Gasteiger partial charge in [-0.05, 0) is 18.9 Å². The summed E-state index contributed by atoms with van der Waals surface area (Å²) in [5.41, 5.74) is 1.34. The summed E-state index contributed by atoms with van der Waals surface area (Å²) in [7, 11) is 0.560. The molecule has 6 heteroatoms. The molecule has 2 aliphatic rings. The number of hydrogen-bond acceptors (Lipinski definition) is 4. The molecule has 3 rings (SSSR count). The van der Waals surface area contributed by atoms with Gasteiger partial charge in [0.25, 0.3) is 0 Å². The van der Waals surface area contributed by atoms with Gasteiger partial charge in [-0.25, -0.2) is 4.39 Å². The lowest BCUT2D eigenvalue weighted by atomic mass is 9.98. The lowest BCUT2D eigenvalue weighted by molar-refractivity contribution is -0.0547. The number of piperidine rings is 1. The molecule has 0 saturated carbocycles. The van der Waals surface area contributed by atoms with Gasteiger partial charge in [0, 0.05) is 49.9 Å². The fourth-order valence-electron chi connectivity index (χ4n) is 3.69. The Hall–Kier alpha value is -1.24. The topological polar surface area (TPSA) is 24.9 Å². The van der Waals surface area contributed by atoms with E-state index in [1.54, 1.807) is 7.11 Å². The largest absolute Gasteiger partial charge is 0.547 e. The molecule has 2 heterocycles. The quantitative estimate of drug-likeness (QED) is 0.693. The first-order chi connectivity index (χ1) is 12.8. The molecule has 0 N–H and O–H groups in total. The van der Waals surface area contributed by atoms with Crippen molar-refractivity contribution in [3.63, 3.8) is 0 Å². The van der Waals surface area contributed by atoms with E-state index in [2.05, 4.69) is 36.7 Å². The summed E-state index contributed by atoms with van der Waals surface area (Å²) >= 11 is 0. The molecule has 1 aromatic rings. The third-order valence-electron chi connectivity index (χ3n) is 5.83. The van der Waals surface area contributed by atoms with Crippen LogP contribution in [0.4, 0.5) is 10.1 Å². The van der Waals surface area contributed by atoms with Crippen LogP contribution in [0.15, 0.2) is 18.2 Å². The number of halogens is 1. The van der Waals surface area contributed by atoms with Gasteiger partial charge in [0.15, 0.2) is 5.82 Å². The highest BCUT2D eigenvalue weighted by atomic mass is 28.3. The highest BCUT2D eigenvalue weighted by Crippen LogP contribution is 2.30. The predicted octanol–water partition coefficient (Wildman–Crippen LogP) is 3.45. The molecule has 0 aliphatic carbocycles. The second kappa shape index (κ2) is 8.41. The van der Waals surface area contributed by atoms with E-state index in [-0.39, 0.29) is 10.9 Å². The van der Waals surface area contributed by atoms with Crippen molar-refractivity contribution in [2.24, 2.45) is 0 Å². The van der Waals surface area contributed by atoms with E-state index in [0.29, 0.717) is 30.0 Å². The summed E-state index contributed by atoms with van der Waals surface area (Å²) in [6.07, 6.45) is 6.69.